The topological polar surface area (TPSA) is 49.4 Å². The molecule has 1 N–H and O–H groups in total. The minimum atomic E-state index is -2.78. The van der Waals surface area contributed by atoms with Crippen LogP contribution in [0.15, 0.2) is 12.7 Å². The van der Waals surface area contributed by atoms with Crippen molar-refractivity contribution in [3.63, 3.8) is 0 Å². The van der Waals surface area contributed by atoms with Crippen LogP contribution in [-0.2, 0) is 9.84 Å². The Bertz CT molecular complexity index is 327. The van der Waals surface area contributed by atoms with E-state index in [0.717, 1.165) is 19.5 Å². The van der Waals surface area contributed by atoms with E-state index < -0.39 is 9.84 Å². The van der Waals surface area contributed by atoms with Gasteiger partial charge in [-0.3, -0.25) is 4.90 Å². The second-order valence-electron chi connectivity index (χ2n) is 4.52. The van der Waals surface area contributed by atoms with Crippen LogP contribution in [0, 0.1) is 0 Å². The van der Waals surface area contributed by atoms with Crippen molar-refractivity contribution in [1.82, 2.24) is 10.2 Å². The molecular weight excluding hydrogens is 224 g/mol. The molecule has 0 bridgehead atoms. The van der Waals surface area contributed by atoms with Crippen molar-refractivity contribution < 1.29 is 8.42 Å². The molecule has 0 aliphatic carbocycles. The van der Waals surface area contributed by atoms with Gasteiger partial charge >= 0.3 is 0 Å². The van der Waals surface area contributed by atoms with Gasteiger partial charge in [-0.25, -0.2) is 8.42 Å². The molecule has 16 heavy (non-hydrogen) atoms. The van der Waals surface area contributed by atoms with E-state index >= 15 is 0 Å². The average Bonchev–Trinajstić information content (AvgIpc) is 2.58. The highest BCUT2D eigenvalue weighted by Gasteiger charge is 2.32. The van der Waals surface area contributed by atoms with Crippen LogP contribution in [0.1, 0.15) is 13.3 Å². The Labute approximate surface area is 98.6 Å². The normalized spacial score (nSPS) is 25.8. The fraction of sp³-hybridized carbons (Fsp3) is 0.818. The van der Waals surface area contributed by atoms with Gasteiger partial charge in [0.2, 0.25) is 0 Å². The standard InChI is InChI=1S/C11H22N2O2S/c1-4-6-12-8-10(2)13(3)11-5-7-16(14,15)9-11/h4,10-12H,1,5-9H2,2-3H3. The minimum Gasteiger partial charge on any atom is -0.312 e. The maximum absolute atomic E-state index is 11.4. The second kappa shape index (κ2) is 5.80. The fourth-order valence-electron chi connectivity index (χ4n) is 1.99. The van der Waals surface area contributed by atoms with Gasteiger partial charge in [-0.05, 0) is 20.4 Å². The molecule has 94 valence electrons. The van der Waals surface area contributed by atoms with Crippen molar-refractivity contribution in [1.29, 1.82) is 0 Å². The maximum Gasteiger partial charge on any atom is 0.151 e. The number of hydrogen-bond donors (Lipinski definition) is 1. The average molecular weight is 246 g/mol. The van der Waals surface area contributed by atoms with E-state index in [0.29, 0.717) is 17.5 Å². The van der Waals surface area contributed by atoms with E-state index in [2.05, 4.69) is 23.7 Å². The summed E-state index contributed by atoms with van der Waals surface area (Å²) in [7, 11) is -0.772. The smallest absolute Gasteiger partial charge is 0.151 e. The number of hydrogen-bond acceptors (Lipinski definition) is 4. The summed E-state index contributed by atoms with van der Waals surface area (Å²) in [4.78, 5) is 2.17. The Balaban J connectivity index is 2.39. The summed E-state index contributed by atoms with van der Waals surface area (Å²) in [5.41, 5.74) is 0. The second-order valence-corrected chi connectivity index (χ2v) is 6.75. The number of nitrogens with zero attached hydrogens (tertiary/aromatic N) is 1. The lowest BCUT2D eigenvalue weighted by molar-refractivity contribution is 0.196. The minimum absolute atomic E-state index is 0.186. The van der Waals surface area contributed by atoms with E-state index in [9.17, 15) is 8.42 Å². The molecule has 0 radical (unpaired) electrons. The lowest BCUT2D eigenvalue weighted by Gasteiger charge is -2.29. The molecule has 2 unspecified atom stereocenters. The third kappa shape index (κ3) is 3.88. The summed E-state index contributed by atoms with van der Waals surface area (Å²) in [5, 5.41) is 3.25. The molecule has 4 nitrogen and oxygen atoms in total. The van der Waals surface area contributed by atoms with Crippen LogP contribution >= 0.6 is 0 Å². The van der Waals surface area contributed by atoms with Gasteiger partial charge in [-0.2, -0.15) is 0 Å². The zero-order valence-electron chi connectivity index (χ0n) is 10.1. The van der Waals surface area contributed by atoms with Gasteiger partial charge in [0.15, 0.2) is 9.84 Å². The summed E-state index contributed by atoms with van der Waals surface area (Å²) in [5.74, 6) is 0.657. The first-order chi connectivity index (χ1) is 7.46. The van der Waals surface area contributed by atoms with Gasteiger partial charge in [-0.15, -0.1) is 6.58 Å². The molecule has 1 rings (SSSR count). The molecule has 1 aliphatic heterocycles. The highest BCUT2D eigenvalue weighted by molar-refractivity contribution is 7.91. The van der Waals surface area contributed by atoms with Crippen LogP contribution in [0.5, 0.6) is 0 Å². The number of rotatable bonds is 6. The van der Waals surface area contributed by atoms with Crippen molar-refractivity contribution >= 4 is 9.84 Å². The third-order valence-electron chi connectivity index (χ3n) is 3.21. The molecule has 0 saturated carbocycles. The molecule has 1 aliphatic rings. The Morgan fingerprint density at radius 1 is 1.62 bits per heavy atom. The Morgan fingerprint density at radius 3 is 2.81 bits per heavy atom. The summed E-state index contributed by atoms with van der Waals surface area (Å²) < 4.78 is 22.7. The van der Waals surface area contributed by atoms with Crippen molar-refractivity contribution in [3.05, 3.63) is 12.7 Å². The predicted octanol–water partition coefficient (Wildman–Crippen LogP) is 0.269. The zero-order chi connectivity index (χ0) is 12.2. The van der Waals surface area contributed by atoms with E-state index in [1.807, 2.05) is 13.1 Å². The third-order valence-corrected chi connectivity index (χ3v) is 4.96. The molecule has 0 amide bonds. The number of nitrogens with one attached hydrogen (secondary N) is 1. The lowest BCUT2D eigenvalue weighted by Crippen LogP contribution is -2.44. The SMILES string of the molecule is C=CCNCC(C)N(C)C1CCS(=O)(=O)C1. The maximum atomic E-state index is 11.4. The summed E-state index contributed by atoms with van der Waals surface area (Å²) in [6, 6.07) is 0.531. The predicted molar refractivity (Wildman–Crippen MR) is 67.4 cm³/mol. The van der Waals surface area contributed by atoms with Crippen molar-refractivity contribution in [2.24, 2.45) is 0 Å². The van der Waals surface area contributed by atoms with Gasteiger partial charge in [0, 0.05) is 25.2 Å². The number of sulfone groups is 1. The van der Waals surface area contributed by atoms with Gasteiger partial charge in [0.05, 0.1) is 11.5 Å². The summed E-state index contributed by atoms with van der Waals surface area (Å²) in [6.07, 6.45) is 2.59. The van der Waals surface area contributed by atoms with Crippen molar-refractivity contribution in [3.8, 4) is 0 Å². The van der Waals surface area contributed by atoms with Gasteiger partial charge in [0.1, 0.15) is 0 Å². The first-order valence-corrected chi connectivity index (χ1v) is 7.52. The zero-order valence-corrected chi connectivity index (χ0v) is 11.0. The van der Waals surface area contributed by atoms with E-state index in [-0.39, 0.29) is 6.04 Å². The molecule has 0 spiro atoms. The van der Waals surface area contributed by atoms with Gasteiger partial charge in [-0.1, -0.05) is 6.08 Å². The molecule has 1 heterocycles. The molecule has 0 aromatic rings. The van der Waals surface area contributed by atoms with Crippen LogP contribution in [-0.4, -0.2) is 57.0 Å². The van der Waals surface area contributed by atoms with Crippen molar-refractivity contribution in [2.45, 2.75) is 25.4 Å². The van der Waals surface area contributed by atoms with Gasteiger partial charge < -0.3 is 5.32 Å². The Hall–Kier alpha value is -0.390. The molecule has 1 saturated heterocycles. The van der Waals surface area contributed by atoms with Crippen LogP contribution in [0.25, 0.3) is 0 Å². The summed E-state index contributed by atoms with van der Waals surface area (Å²) in [6.45, 7) is 7.41. The molecule has 1 fully saturated rings. The van der Waals surface area contributed by atoms with E-state index in [1.165, 1.54) is 0 Å². The Morgan fingerprint density at radius 2 is 2.31 bits per heavy atom. The molecule has 0 aromatic heterocycles. The van der Waals surface area contributed by atoms with E-state index in [1.54, 1.807) is 0 Å². The monoisotopic (exact) mass is 246 g/mol. The fourth-order valence-corrected chi connectivity index (χ4v) is 3.78. The molecule has 2 atom stereocenters. The van der Waals surface area contributed by atoms with Crippen LogP contribution in [0.3, 0.4) is 0 Å². The lowest BCUT2D eigenvalue weighted by atomic mass is 10.2. The Kier molecular flexibility index (Phi) is 4.95. The summed E-state index contributed by atoms with van der Waals surface area (Å²) >= 11 is 0. The first-order valence-electron chi connectivity index (χ1n) is 5.70. The highest BCUT2D eigenvalue weighted by Crippen LogP contribution is 2.17. The quantitative estimate of drug-likeness (QED) is 0.540. The first kappa shape index (κ1) is 13.7. The number of likely N-dealkylation sites (N-methyl/N-ethyl adjacent to an activating group) is 1. The molecule has 0 aromatic carbocycles. The molecular formula is C11H22N2O2S. The highest BCUT2D eigenvalue weighted by atomic mass is 32.2. The van der Waals surface area contributed by atoms with Gasteiger partial charge in [0.25, 0.3) is 0 Å². The largest absolute Gasteiger partial charge is 0.312 e. The van der Waals surface area contributed by atoms with Crippen LogP contribution in [0.2, 0.25) is 0 Å². The molecule has 5 heteroatoms. The van der Waals surface area contributed by atoms with E-state index in [4.69, 9.17) is 0 Å². The van der Waals surface area contributed by atoms with Crippen LogP contribution in [0.4, 0.5) is 0 Å². The van der Waals surface area contributed by atoms with Crippen molar-refractivity contribution in [2.75, 3.05) is 31.6 Å². The van der Waals surface area contributed by atoms with Crippen LogP contribution < -0.4 is 5.32 Å².